The Bertz CT molecular complexity index is 261. The average molecular weight is 243 g/mol. The van der Waals surface area contributed by atoms with Gasteiger partial charge >= 0.3 is 11.9 Å². The van der Waals surface area contributed by atoms with Crippen LogP contribution in [0.25, 0.3) is 0 Å². The zero-order valence-electron chi connectivity index (χ0n) is 10.0. The summed E-state index contributed by atoms with van der Waals surface area (Å²) in [5, 5.41) is 20.5. The van der Waals surface area contributed by atoms with Crippen molar-refractivity contribution in [2.75, 3.05) is 13.1 Å². The van der Waals surface area contributed by atoms with Crippen LogP contribution in [0.1, 0.15) is 38.5 Å². The van der Waals surface area contributed by atoms with Gasteiger partial charge in [-0.15, -0.1) is 0 Å². The highest BCUT2D eigenvalue weighted by Gasteiger charge is 2.21. The predicted molar refractivity (Wildman–Crippen MR) is 62.8 cm³/mol. The Morgan fingerprint density at radius 1 is 1.18 bits per heavy atom. The van der Waals surface area contributed by atoms with Gasteiger partial charge in [0.1, 0.15) is 0 Å². The first-order valence-corrected chi connectivity index (χ1v) is 6.25. The van der Waals surface area contributed by atoms with Gasteiger partial charge in [-0.1, -0.05) is 19.3 Å². The van der Waals surface area contributed by atoms with Crippen LogP contribution in [0.3, 0.4) is 0 Å². The largest absolute Gasteiger partial charge is 0.481 e. The molecule has 1 atom stereocenters. The van der Waals surface area contributed by atoms with Crippen molar-refractivity contribution in [3.63, 3.8) is 0 Å². The van der Waals surface area contributed by atoms with Crippen LogP contribution in [0.15, 0.2) is 0 Å². The molecule has 0 aromatic heterocycles. The lowest BCUT2D eigenvalue weighted by Crippen LogP contribution is -2.33. The van der Waals surface area contributed by atoms with E-state index in [1.165, 1.54) is 32.1 Å². The lowest BCUT2D eigenvalue weighted by molar-refractivity contribution is -0.148. The highest BCUT2D eigenvalue weighted by atomic mass is 16.4. The molecule has 5 nitrogen and oxygen atoms in total. The van der Waals surface area contributed by atoms with E-state index >= 15 is 0 Å². The van der Waals surface area contributed by atoms with Crippen LogP contribution < -0.4 is 5.32 Å². The monoisotopic (exact) mass is 243 g/mol. The number of rotatable bonds is 7. The van der Waals surface area contributed by atoms with Crippen LogP contribution in [-0.4, -0.2) is 35.2 Å². The van der Waals surface area contributed by atoms with E-state index in [0.29, 0.717) is 5.92 Å². The number of aliphatic carboxylic acids is 2. The molecule has 0 heterocycles. The van der Waals surface area contributed by atoms with Gasteiger partial charge in [-0.25, -0.2) is 0 Å². The molecular formula is C12H21NO4. The normalized spacial score (nSPS) is 18.8. The van der Waals surface area contributed by atoms with Crippen molar-refractivity contribution in [2.24, 2.45) is 11.8 Å². The lowest BCUT2D eigenvalue weighted by Gasteiger charge is -2.22. The molecule has 0 aromatic carbocycles. The zero-order valence-corrected chi connectivity index (χ0v) is 10.0. The van der Waals surface area contributed by atoms with E-state index in [4.69, 9.17) is 10.2 Å². The summed E-state index contributed by atoms with van der Waals surface area (Å²) < 4.78 is 0. The number of nitrogens with one attached hydrogen (secondary N) is 1. The summed E-state index contributed by atoms with van der Waals surface area (Å²) in [6, 6.07) is 0. The molecule has 1 fully saturated rings. The molecule has 1 saturated carbocycles. The summed E-state index contributed by atoms with van der Waals surface area (Å²) in [5.41, 5.74) is 0. The van der Waals surface area contributed by atoms with E-state index < -0.39 is 17.9 Å². The van der Waals surface area contributed by atoms with Gasteiger partial charge in [-0.3, -0.25) is 9.59 Å². The highest BCUT2D eigenvalue weighted by molar-refractivity contribution is 5.77. The minimum absolute atomic E-state index is 0.248. The Labute approximate surface area is 101 Å². The maximum absolute atomic E-state index is 10.8. The van der Waals surface area contributed by atoms with E-state index in [1.54, 1.807) is 0 Å². The van der Waals surface area contributed by atoms with E-state index in [0.717, 1.165) is 6.54 Å². The van der Waals surface area contributed by atoms with Crippen LogP contribution >= 0.6 is 0 Å². The number of hydrogen-bond donors (Lipinski definition) is 3. The maximum Gasteiger partial charge on any atom is 0.308 e. The standard InChI is InChI=1S/C12H21NO4/c14-11(15)6-10(12(16)17)8-13-7-9-4-2-1-3-5-9/h9-10,13H,1-8H2,(H,14,15)(H,16,17). The lowest BCUT2D eigenvalue weighted by atomic mass is 9.89. The van der Waals surface area contributed by atoms with Crippen molar-refractivity contribution >= 4 is 11.9 Å². The second kappa shape index (κ2) is 7.27. The van der Waals surface area contributed by atoms with Crippen molar-refractivity contribution < 1.29 is 19.8 Å². The molecule has 0 amide bonds. The van der Waals surface area contributed by atoms with Gasteiger partial charge < -0.3 is 15.5 Å². The molecule has 0 spiro atoms. The first kappa shape index (κ1) is 14.0. The van der Waals surface area contributed by atoms with Crippen molar-refractivity contribution in [3.05, 3.63) is 0 Å². The van der Waals surface area contributed by atoms with Crippen molar-refractivity contribution in [1.29, 1.82) is 0 Å². The number of carbonyl (C=O) groups is 2. The smallest absolute Gasteiger partial charge is 0.308 e. The van der Waals surface area contributed by atoms with E-state index in [2.05, 4.69) is 5.32 Å². The zero-order chi connectivity index (χ0) is 12.7. The molecule has 1 unspecified atom stereocenters. The predicted octanol–water partition coefficient (Wildman–Crippen LogP) is 1.33. The van der Waals surface area contributed by atoms with Crippen LogP contribution in [-0.2, 0) is 9.59 Å². The molecule has 1 rings (SSSR count). The van der Waals surface area contributed by atoms with Crippen molar-refractivity contribution in [2.45, 2.75) is 38.5 Å². The molecule has 1 aliphatic rings. The van der Waals surface area contributed by atoms with Crippen LogP contribution in [0.2, 0.25) is 0 Å². The van der Waals surface area contributed by atoms with Gasteiger partial charge in [0.2, 0.25) is 0 Å². The Morgan fingerprint density at radius 2 is 1.82 bits per heavy atom. The molecular weight excluding hydrogens is 222 g/mol. The van der Waals surface area contributed by atoms with Gasteiger partial charge in [0.25, 0.3) is 0 Å². The molecule has 0 aliphatic heterocycles. The van der Waals surface area contributed by atoms with Crippen molar-refractivity contribution in [1.82, 2.24) is 5.32 Å². The van der Waals surface area contributed by atoms with Crippen molar-refractivity contribution in [3.8, 4) is 0 Å². The third-order valence-electron chi connectivity index (χ3n) is 3.32. The maximum atomic E-state index is 10.8. The average Bonchev–Trinajstić information content (AvgIpc) is 2.28. The van der Waals surface area contributed by atoms with Gasteiger partial charge in [-0.05, 0) is 25.3 Å². The third-order valence-corrected chi connectivity index (χ3v) is 3.32. The molecule has 0 aromatic rings. The number of hydrogen-bond acceptors (Lipinski definition) is 3. The van der Waals surface area contributed by atoms with E-state index in [9.17, 15) is 9.59 Å². The topological polar surface area (TPSA) is 86.6 Å². The minimum atomic E-state index is -1.06. The van der Waals surface area contributed by atoms with Crippen LogP contribution in [0.4, 0.5) is 0 Å². The SMILES string of the molecule is O=C(O)CC(CNCC1CCCCC1)C(=O)O. The summed E-state index contributed by atoms with van der Waals surface area (Å²) in [6.45, 7) is 1.06. The summed E-state index contributed by atoms with van der Waals surface area (Å²) in [7, 11) is 0. The first-order chi connectivity index (χ1) is 8.09. The first-order valence-electron chi connectivity index (χ1n) is 6.25. The van der Waals surface area contributed by atoms with Gasteiger partial charge in [-0.2, -0.15) is 0 Å². The Kier molecular flexibility index (Phi) is 5.97. The van der Waals surface area contributed by atoms with Crippen LogP contribution in [0, 0.1) is 11.8 Å². The summed E-state index contributed by atoms with van der Waals surface area (Å²) >= 11 is 0. The summed E-state index contributed by atoms with van der Waals surface area (Å²) in [6.07, 6.45) is 5.89. The molecule has 98 valence electrons. The molecule has 0 radical (unpaired) electrons. The second-order valence-electron chi connectivity index (χ2n) is 4.80. The molecule has 3 N–H and O–H groups in total. The Morgan fingerprint density at radius 3 is 2.35 bits per heavy atom. The Balaban J connectivity index is 2.21. The molecule has 0 saturated heterocycles. The third kappa shape index (κ3) is 5.68. The van der Waals surface area contributed by atoms with Gasteiger partial charge in [0.05, 0.1) is 12.3 Å². The molecule has 1 aliphatic carbocycles. The van der Waals surface area contributed by atoms with Crippen LogP contribution in [0.5, 0.6) is 0 Å². The van der Waals surface area contributed by atoms with E-state index in [-0.39, 0.29) is 13.0 Å². The fraction of sp³-hybridized carbons (Fsp3) is 0.833. The number of carboxylic acid groups (broad SMARTS) is 2. The van der Waals surface area contributed by atoms with Gasteiger partial charge in [0.15, 0.2) is 0 Å². The fourth-order valence-electron chi connectivity index (χ4n) is 2.31. The fourth-order valence-corrected chi connectivity index (χ4v) is 2.31. The van der Waals surface area contributed by atoms with Gasteiger partial charge in [0, 0.05) is 6.54 Å². The summed E-state index contributed by atoms with van der Waals surface area (Å²) in [4.78, 5) is 21.3. The molecule has 0 bridgehead atoms. The molecule has 17 heavy (non-hydrogen) atoms. The second-order valence-corrected chi connectivity index (χ2v) is 4.80. The quantitative estimate of drug-likeness (QED) is 0.628. The highest BCUT2D eigenvalue weighted by Crippen LogP contribution is 2.22. The number of carboxylic acids is 2. The summed E-state index contributed by atoms with van der Waals surface area (Å²) in [5.74, 6) is -2.29. The Hall–Kier alpha value is -1.10. The van der Waals surface area contributed by atoms with E-state index in [1.807, 2.05) is 0 Å². The molecule has 5 heteroatoms. The minimum Gasteiger partial charge on any atom is -0.481 e.